The molecule has 0 aliphatic carbocycles. The molecule has 8 heteroatoms. The highest BCUT2D eigenvalue weighted by molar-refractivity contribution is 7.21. The molecule has 2 aromatic rings. The summed E-state index contributed by atoms with van der Waals surface area (Å²) in [5.74, 6) is 3.07. The number of thiophene rings is 2. The van der Waals surface area contributed by atoms with Crippen LogP contribution < -0.4 is 18.9 Å². The van der Waals surface area contributed by atoms with Gasteiger partial charge in [-0.1, -0.05) is 0 Å². The molecule has 2 aliphatic heterocycles. The fourth-order valence-corrected chi connectivity index (χ4v) is 4.71. The normalized spacial score (nSPS) is 21.8. The lowest BCUT2D eigenvalue weighted by Crippen LogP contribution is -2.33. The van der Waals surface area contributed by atoms with Crippen molar-refractivity contribution in [1.29, 1.82) is 0 Å². The minimum Gasteiger partial charge on any atom is -0.485 e. The second kappa shape index (κ2) is 6.79. The van der Waals surface area contributed by atoms with Crippen molar-refractivity contribution in [3.8, 4) is 32.8 Å². The predicted octanol–water partition coefficient (Wildman–Crippen LogP) is 3.05. The van der Waals surface area contributed by atoms with Gasteiger partial charge in [-0.2, -0.15) is 0 Å². The summed E-state index contributed by atoms with van der Waals surface area (Å²) in [5.41, 5.74) is 0. The average Bonchev–Trinajstić information content (AvgIpc) is 3.18. The van der Waals surface area contributed by atoms with Gasteiger partial charge in [0.15, 0.2) is 35.2 Å². The molecule has 0 amide bonds. The second-order valence-corrected chi connectivity index (χ2v) is 7.29. The Kier molecular flexibility index (Phi) is 4.53. The van der Waals surface area contributed by atoms with Crippen LogP contribution in [0.1, 0.15) is 0 Å². The molecule has 24 heavy (non-hydrogen) atoms. The molecule has 6 nitrogen and oxygen atoms in total. The summed E-state index contributed by atoms with van der Waals surface area (Å²) in [6.45, 7) is 1.98. The van der Waals surface area contributed by atoms with E-state index >= 15 is 0 Å². The number of hydrogen-bond donors (Lipinski definition) is 0. The summed E-state index contributed by atoms with van der Waals surface area (Å²) in [5, 5.41) is 3.94. The van der Waals surface area contributed by atoms with Crippen LogP contribution in [0.25, 0.3) is 9.75 Å². The molecule has 0 saturated heterocycles. The van der Waals surface area contributed by atoms with Crippen LogP contribution in [0.4, 0.5) is 0 Å². The molecular weight excluding hydrogens is 352 g/mol. The number of rotatable bonds is 5. The van der Waals surface area contributed by atoms with Crippen molar-refractivity contribution in [2.45, 2.75) is 12.2 Å². The van der Waals surface area contributed by atoms with E-state index in [-0.39, 0.29) is 12.2 Å². The Labute approximate surface area is 147 Å². The SMILES string of the molecule is COCC1COc2c(csc2-c2scc3c2OC(COC)CO3)O1. The van der Waals surface area contributed by atoms with E-state index in [4.69, 9.17) is 28.4 Å². The van der Waals surface area contributed by atoms with E-state index in [1.54, 1.807) is 36.9 Å². The Morgan fingerprint density at radius 3 is 2.25 bits per heavy atom. The lowest BCUT2D eigenvalue weighted by molar-refractivity contribution is 0.0273. The van der Waals surface area contributed by atoms with Crippen molar-refractivity contribution in [3.63, 3.8) is 0 Å². The highest BCUT2D eigenvalue weighted by Crippen LogP contribution is 2.54. The monoisotopic (exact) mass is 370 g/mol. The van der Waals surface area contributed by atoms with Crippen LogP contribution in [0.3, 0.4) is 0 Å². The van der Waals surface area contributed by atoms with Gasteiger partial charge in [0.25, 0.3) is 0 Å². The molecular formula is C16H18O6S2. The van der Waals surface area contributed by atoms with Crippen LogP contribution in [0, 0.1) is 0 Å². The van der Waals surface area contributed by atoms with Gasteiger partial charge in [0.05, 0.1) is 23.0 Å². The molecule has 4 heterocycles. The lowest BCUT2D eigenvalue weighted by Gasteiger charge is -2.26. The minimum atomic E-state index is -0.102. The zero-order valence-electron chi connectivity index (χ0n) is 13.4. The van der Waals surface area contributed by atoms with E-state index in [2.05, 4.69) is 0 Å². The number of ether oxygens (including phenoxy) is 6. The first kappa shape index (κ1) is 16.0. The Balaban J connectivity index is 1.62. The molecule has 0 bridgehead atoms. The van der Waals surface area contributed by atoms with Gasteiger partial charge in [0.1, 0.15) is 13.2 Å². The molecule has 0 saturated carbocycles. The second-order valence-electron chi connectivity index (χ2n) is 5.53. The highest BCUT2D eigenvalue weighted by Gasteiger charge is 2.31. The van der Waals surface area contributed by atoms with E-state index in [1.165, 1.54) is 0 Å². The van der Waals surface area contributed by atoms with Crippen LogP contribution >= 0.6 is 22.7 Å². The fourth-order valence-electron chi connectivity index (χ4n) is 2.71. The van der Waals surface area contributed by atoms with E-state index in [0.717, 1.165) is 32.8 Å². The molecule has 2 unspecified atom stereocenters. The van der Waals surface area contributed by atoms with Gasteiger partial charge in [0, 0.05) is 25.0 Å². The summed E-state index contributed by atoms with van der Waals surface area (Å²) >= 11 is 3.17. The van der Waals surface area contributed by atoms with E-state index < -0.39 is 0 Å². The zero-order valence-corrected chi connectivity index (χ0v) is 15.0. The molecule has 4 rings (SSSR count). The van der Waals surface area contributed by atoms with Crippen molar-refractivity contribution in [1.82, 2.24) is 0 Å². The van der Waals surface area contributed by atoms with Crippen LogP contribution in [-0.2, 0) is 9.47 Å². The van der Waals surface area contributed by atoms with Gasteiger partial charge in [-0.15, -0.1) is 22.7 Å². The fraction of sp³-hybridized carbons (Fsp3) is 0.500. The van der Waals surface area contributed by atoms with Crippen LogP contribution in [-0.4, -0.2) is 52.9 Å². The number of fused-ring (bicyclic) bond motifs is 2. The number of hydrogen-bond acceptors (Lipinski definition) is 8. The van der Waals surface area contributed by atoms with Gasteiger partial charge in [-0.25, -0.2) is 0 Å². The first-order valence-corrected chi connectivity index (χ1v) is 9.36. The molecule has 0 spiro atoms. The molecule has 0 fully saturated rings. The van der Waals surface area contributed by atoms with Crippen molar-refractivity contribution in [2.75, 3.05) is 40.6 Å². The maximum atomic E-state index is 6.07. The molecule has 2 aromatic heterocycles. The standard InChI is InChI=1S/C16H18O6S2/c1-17-3-9-6-20-13-12(21-9)8-24-15(13)16-14-11(7-23-16)19-5-10(22-14)4-18-2/h7-10H,3-6H2,1-2H3. The van der Waals surface area contributed by atoms with Crippen molar-refractivity contribution in [2.24, 2.45) is 0 Å². The zero-order chi connectivity index (χ0) is 16.5. The smallest absolute Gasteiger partial charge is 0.181 e. The Bertz CT molecular complexity index is 709. The minimum absolute atomic E-state index is 0.0760. The predicted molar refractivity (Wildman–Crippen MR) is 91.2 cm³/mol. The summed E-state index contributed by atoms with van der Waals surface area (Å²) in [6, 6.07) is 0. The third-order valence-corrected chi connectivity index (χ3v) is 5.80. The summed E-state index contributed by atoms with van der Waals surface area (Å²) < 4.78 is 34.0. The van der Waals surface area contributed by atoms with E-state index in [1.807, 2.05) is 10.8 Å². The van der Waals surface area contributed by atoms with E-state index in [0.29, 0.717) is 26.4 Å². The first-order valence-electron chi connectivity index (χ1n) is 7.60. The van der Waals surface area contributed by atoms with Crippen molar-refractivity contribution < 1.29 is 28.4 Å². The molecule has 0 radical (unpaired) electrons. The van der Waals surface area contributed by atoms with Crippen LogP contribution in [0.15, 0.2) is 10.8 Å². The van der Waals surface area contributed by atoms with Gasteiger partial charge < -0.3 is 28.4 Å². The molecule has 2 atom stereocenters. The third-order valence-electron chi connectivity index (χ3n) is 3.76. The average molecular weight is 370 g/mol. The quantitative estimate of drug-likeness (QED) is 0.806. The van der Waals surface area contributed by atoms with Gasteiger partial charge >= 0.3 is 0 Å². The lowest BCUT2D eigenvalue weighted by atomic mass is 10.2. The van der Waals surface area contributed by atoms with Gasteiger partial charge in [-0.3, -0.25) is 0 Å². The van der Waals surface area contributed by atoms with Crippen molar-refractivity contribution in [3.05, 3.63) is 10.8 Å². The van der Waals surface area contributed by atoms with Gasteiger partial charge in [0.2, 0.25) is 0 Å². The Hall–Kier alpha value is -1.48. The number of methoxy groups -OCH3 is 2. The molecule has 0 aromatic carbocycles. The van der Waals surface area contributed by atoms with E-state index in [9.17, 15) is 0 Å². The largest absolute Gasteiger partial charge is 0.485 e. The molecule has 0 N–H and O–H groups in total. The Morgan fingerprint density at radius 1 is 0.875 bits per heavy atom. The first-order chi connectivity index (χ1) is 11.8. The Morgan fingerprint density at radius 2 is 1.50 bits per heavy atom. The maximum absolute atomic E-state index is 6.07. The van der Waals surface area contributed by atoms with Crippen molar-refractivity contribution >= 4 is 22.7 Å². The topological polar surface area (TPSA) is 55.4 Å². The summed E-state index contributed by atoms with van der Waals surface area (Å²) in [7, 11) is 3.31. The maximum Gasteiger partial charge on any atom is 0.181 e. The summed E-state index contributed by atoms with van der Waals surface area (Å²) in [4.78, 5) is 2.01. The van der Waals surface area contributed by atoms with Crippen LogP contribution in [0.2, 0.25) is 0 Å². The third kappa shape index (κ3) is 2.83. The molecule has 130 valence electrons. The van der Waals surface area contributed by atoms with Gasteiger partial charge in [-0.05, 0) is 0 Å². The summed E-state index contributed by atoms with van der Waals surface area (Å²) in [6.07, 6.45) is -0.178. The highest BCUT2D eigenvalue weighted by atomic mass is 32.1. The van der Waals surface area contributed by atoms with Crippen LogP contribution in [0.5, 0.6) is 23.0 Å². The molecule has 2 aliphatic rings.